The highest BCUT2D eigenvalue weighted by Crippen LogP contribution is 2.23. The summed E-state index contributed by atoms with van der Waals surface area (Å²) < 4.78 is 1.56. The van der Waals surface area contributed by atoms with Crippen LogP contribution in [0.5, 0.6) is 0 Å². The monoisotopic (exact) mass is 269 g/mol. The van der Waals surface area contributed by atoms with Crippen molar-refractivity contribution in [1.29, 1.82) is 0 Å². The van der Waals surface area contributed by atoms with Gasteiger partial charge in [0.2, 0.25) is 0 Å². The van der Waals surface area contributed by atoms with Crippen molar-refractivity contribution in [2.75, 3.05) is 0 Å². The molecule has 0 aliphatic rings. The number of H-pyrrole nitrogens is 1. The molecule has 5 heteroatoms. The van der Waals surface area contributed by atoms with E-state index in [0.29, 0.717) is 10.7 Å². The van der Waals surface area contributed by atoms with Crippen molar-refractivity contribution < 1.29 is 0 Å². The van der Waals surface area contributed by atoms with Gasteiger partial charge in [0, 0.05) is 10.4 Å². The Labute approximate surface area is 112 Å². The first kappa shape index (κ1) is 10.6. The molecule has 2 aromatic heterocycles. The van der Waals surface area contributed by atoms with Crippen LogP contribution in [0.25, 0.3) is 27.6 Å². The van der Waals surface area contributed by atoms with Crippen LogP contribution in [0.15, 0.2) is 47.3 Å². The van der Waals surface area contributed by atoms with Gasteiger partial charge in [-0.3, -0.25) is 0 Å². The Morgan fingerprint density at radius 2 is 2.00 bits per heavy atom. The number of para-hydroxylation sites is 1. The molecule has 0 aliphatic carbocycles. The van der Waals surface area contributed by atoms with Crippen molar-refractivity contribution in [2.45, 2.75) is 0 Å². The molecule has 4 aromatic rings. The molecular weight excluding hydrogens is 262 g/mol. The molecule has 2 heterocycles. The van der Waals surface area contributed by atoms with Crippen LogP contribution in [-0.4, -0.2) is 14.4 Å². The number of hydrogen-bond acceptors (Lipinski definition) is 2. The zero-order chi connectivity index (χ0) is 13.0. The zero-order valence-corrected chi connectivity index (χ0v) is 10.5. The first-order valence-electron chi connectivity index (χ1n) is 5.83. The third-order valence-electron chi connectivity index (χ3n) is 3.23. The van der Waals surface area contributed by atoms with E-state index in [1.165, 1.54) is 0 Å². The van der Waals surface area contributed by atoms with Crippen LogP contribution < -0.4 is 5.69 Å². The van der Waals surface area contributed by atoms with E-state index in [9.17, 15) is 4.79 Å². The molecule has 2 aromatic carbocycles. The average molecular weight is 270 g/mol. The van der Waals surface area contributed by atoms with E-state index >= 15 is 0 Å². The Morgan fingerprint density at radius 3 is 2.89 bits per heavy atom. The van der Waals surface area contributed by atoms with Gasteiger partial charge in [0.1, 0.15) is 0 Å². The predicted molar refractivity (Wildman–Crippen MR) is 75.8 cm³/mol. The number of aromatic amines is 1. The summed E-state index contributed by atoms with van der Waals surface area (Å²) in [6, 6.07) is 12.9. The summed E-state index contributed by atoms with van der Waals surface area (Å²) in [5.41, 5.74) is 2.69. The van der Waals surface area contributed by atoms with Crippen molar-refractivity contribution in [3.05, 3.63) is 58.0 Å². The third kappa shape index (κ3) is 1.40. The lowest BCUT2D eigenvalue weighted by atomic mass is 10.2. The number of benzene rings is 2. The molecule has 19 heavy (non-hydrogen) atoms. The van der Waals surface area contributed by atoms with E-state index in [0.717, 1.165) is 21.9 Å². The molecule has 0 saturated heterocycles. The van der Waals surface area contributed by atoms with Gasteiger partial charge in [0.25, 0.3) is 0 Å². The molecule has 1 N–H and O–H groups in total. The van der Waals surface area contributed by atoms with Gasteiger partial charge in [-0.25, -0.2) is 14.2 Å². The first-order valence-corrected chi connectivity index (χ1v) is 6.20. The summed E-state index contributed by atoms with van der Waals surface area (Å²) in [5.74, 6) is 0. The second-order valence-corrected chi connectivity index (χ2v) is 4.82. The van der Waals surface area contributed by atoms with Crippen LogP contribution in [-0.2, 0) is 0 Å². The fraction of sp³-hybridized carbons (Fsp3) is 0. The summed E-state index contributed by atoms with van der Waals surface area (Å²) in [4.78, 5) is 19.6. The number of hydrogen-bond donors (Lipinski definition) is 1. The summed E-state index contributed by atoms with van der Waals surface area (Å²) in [7, 11) is 0. The second kappa shape index (κ2) is 3.59. The van der Waals surface area contributed by atoms with Crippen molar-refractivity contribution in [3.8, 4) is 0 Å². The molecule has 4 rings (SSSR count). The van der Waals surface area contributed by atoms with Gasteiger partial charge in [0.15, 0.2) is 5.65 Å². The van der Waals surface area contributed by atoms with Gasteiger partial charge in [-0.15, -0.1) is 0 Å². The molecule has 0 saturated carbocycles. The quantitative estimate of drug-likeness (QED) is 0.533. The van der Waals surface area contributed by atoms with E-state index in [1.54, 1.807) is 16.5 Å². The van der Waals surface area contributed by atoms with Crippen LogP contribution in [0, 0.1) is 0 Å². The number of imidazole rings is 1. The summed E-state index contributed by atoms with van der Waals surface area (Å²) >= 11 is 5.99. The Kier molecular flexibility index (Phi) is 2.00. The molecule has 0 amide bonds. The molecular formula is C14H8ClN3O. The van der Waals surface area contributed by atoms with Crippen molar-refractivity contribution in [1.82, 2.24) is 14.4 Å². The lowest BCUT2D eigenvalue weighted by molar-refractivity contribution is 1.06. The minimum atomic E-state index is -0.210. The minimum absolute atomic E-state index is 0.210. The van der Waals surface area contributed by atoms with E-state index in [1.807, 2.05) is 30.3 Å². The van der Waals surface area contributed by atoms with Crippen molar-refractivity contribution in [2.24, 2.45) is 0 Å². The molecule has 92 valence electrons. The summed E-state index contributed by atoms with van der Waals surface area (Å²) in [6.07, 6.45) is 0. The summed E-state index contributed by atoms with van der Waals surface area (Å²) in [6.45, 7) is 0. The minimum Gasteiger partial charge on any atom is -0.306 e. The van der Waals surface area contributed by atoms with Gasteiger partial charge in [0.05, 0.1) is 16.6 Å². The van der Waals surface area contributed by atoms with Crippen LogP contribution >= 0.6 is 11.6 Å². The SMILES string of the molecule is O=c1[nH]c2ccccc2c2nc3ccc(Cl)cc3n12. The molecule has 0 aliphatic heterocycles. The molecule has 0 unspecified atom stereocenters. The molecule has 0 spiro atoms. The predicted octanol–water partition coefficient (Wildman–Crippen LogP) is 2.98. The Hall–Kier alpha value is -2.33. The van der Waals surface area contributed by atoms with E-state index in [-0.39, 0.29) is 5.69 Å². The fourth-order valence-electron chi connectivity index (χ4n) is 2.39. The van der Waals surface area contributed by atoms with Crippen LogP contribution in [0.2, 0.25) is 5.02 Å². The van der Waals surface area contributed by atoms with Crippen LogP contribution in [0.4, 0.5) is 0 Å². The van der Waals surface area contributed by atoms with E-state index in [2.05, 4.69) is 9.97 Å². The van der Waals surface area contributed by atoms with Gasteiger partial charge < -0.3 is 4.98 Å². The average Bonchev–Trinajstić information content (AvgIpc) is 2.78. The lowest BCUT2D eigenvalue weighted by Gasteiger charge is -2.00. The third-order valence-corrected chi connectivity index (χ3v) is 3.46. The number of halogens is 1. The van der Waals surface area contributed by atoms with E-state index in [4.69, 9.17) is 11.6 Å². The van der Waals surface area contributed by atoms with Gasteiger partial charge in [-0.05, 0) is 30.3 Å². The van der Waals surface area contributed by atoms with Crippen LogP contribution in [0.1, 0.15) is 0 Å². The number of rotatable bonds is 0. The first-order chi connectivity index (χ1) is 9.24. The molecule has 0 fully saturated rings. The number of nitrogens with zero attached hydrogens (tertiary/aromatic N) is 2. The Bertz CT molecular complexity index is 1000. The van der Waals surface area contributed by atoms with E-state index < -0.39 is 0 Å². The lowest BCUT2D eigenvalue weighted by Crippen LogP contribution is -2.15. The van der Waals surface area contributed by atoms with Gasteiger partial charge in [-0.2, -0.15) is 0 Å². The number of nitrogens with one attached hydrogen (secondary N) is 1. The number of aromatic nitrogens is 3. The summed E-state index contributed by atoms with van der Waals surface area (Å²) in [5, 5.41) is 1.50. The normalized spacial score (nSPS) is 11.6. The topological polar surface area (TPSA) is 50.2 Å². The van der Waals surface area contributed by atoms with Crippen LogP contribution in [0.3, 0.4) is 0 Å². The second-order valence-electron chi connectivity index (χ2n) is 4.38. The highest BCUT2D eigenvalue weighted by molar-refractivity contribution is 6.31. The Morgan fingerprint density at radius 1 is 1.16 bits per heavy atom. The fourth-order valence-corrected chi connectivity index (χ4v) is 2.56. The molecule has 4 nitrogen and oxygen atoms in total. The maximum atomic E-state index is 12.2. The maximum Gasteiger partial charge on any atom is 0.332 e. The maximum absolute atomic E-state index is 12.2. The molecule has 0 bridgehead atoms. The standard InChI is InChI=1S/C14H8ClN3O/c15-8-5-6-11-12(7-8)18-13(16-11)9-3-1-2-4-10(9)17-14(18)19/h1-7H,(H,17,19). The van der Waals surface area contributed by atoms with Crippen molar-refractivity contribution >= 4 is 39.2 Å². The van der Waals surface area contributed by atoms with Gasteiger partial charge in [-0.1, -0.05) is 23.7 Å². The zero-order valence-electron chi connectivity index (χ0n) is 9.72. The molecule has 0 atom stereocenters. The smallest absolute Gasteiger partial charge is 0.306 e. The number of fused-ring (bicyclic) bond motifs is 5. The highest BCUT2D eigenvalue weighted by Gasteiger charge is 2.11. The molecule has 0 radical (unpaired) electrons. The van der Waals surface area contributed by atoms with Gasteiger partial charge >= 0.3 is 5.69 Å². The Balaban J connectivity index is 2.38. The highest BCUT2D eigenvalue weighted by atomic mass is 35.5. The van der Waals surface area contributed by atoms with Crippen molar-refractivity contribution in [3.63, 3.8) is 0 Å². The largest absolute Gasteiger partial charge is 0.332 e.